The second-order valence-electron chi connectivity index (χ2n) is 3.82. The molecule has 0 fully saturated rings. The maximum absolute atomic E-state index is 11.3. The van der Waals surface area contributed by atoms with Crippen LogP contribution in [0.15, 0.2) is 34.7 Å². The van der Waals surface area contributed by atoms with Crippen molar-refractivity contribution in [3.63, 3.8) is 0 Å². The minimum absolute atomic E-state index is 0.482. The Hall–Kier alpha value is -1.41. The van der Waals surface area contributed by atoms with E-state index in [1.807, 2.05) is 39.8 Å². The third-order valence-corrected chi connectivity index (χ3v) is 4.81. The van der Waals surface area contributed by atoms with Gasteiger partial charge in [-0.3, -0.25) is 0 Å². The molecule has 0 aliphatic carbocycles. The van der Waals surface area contributed by atoms with Gasteiger partial charge in [-0.15, -0.1) is 0 Å². The average molecular weight is 284 g/mol. The lowest BCUT2D eigenvalue weighted by atomic mass is 10.5. The number of hydrogen-bond donors (Lipinski definition) is 0. The Morgan fingerprint density at radius 3 is 1.44 bits per heavy atom. The standard InChI is InChI=1S/C12H20O4Si2/c1-5-9(3)17-15-11(13)7-8-12(14)16-18-10(4)6-2/h5-8H,17-18H2,1-4H3. The highest BCUT2D eigenvalue weighted by Crippen LogP contribution is 1.93. The molecular weight excluding hydrogens is 264 g/mol. The van der Waals surface area contributed by atoms with Crippen LogP contribution in [0, 0.1) is 0 Å². The number of carbonyl (C=O) groups excluding carboxylic acids is 2. The lowest BCUT2D eigenvalue weighted by Crippen LogP contribution is -2.10. The second kappa shape index (κ2) is 9.61. The fraction of sp³-hybridized carbons (Fsp3) is 0.333. The molecule has 0 unspecified atom stereocenters. The van der Waals surface area contributed by atoms with E-state index in [0.717, 1.165) is 22.5 Å². The zero-order valence-corrected chi connectivity index (χ0v) is 14.2. The SMILES string of the molecule is CC=C(C)[SiH2]OC(=O)C=CC(=O)O[SiH2]C(C)=CC. The van der Waals surface area contributed by atoms with Crippen molar-refractivity contribution in [1.82, 2.24) is 0 Å². The molecule has 0 spiro atoms. The predicted octanol–water partition coefficient (Wildman–Crippen LogP) is 0.644. The van der Waals surface area contributed by atoms with Crippen LogP contribution in [0.25, 0.3) is 0 Å². The molecule has 0 aromatic carbocycles. The average Bonchev–Trinajstić information content (AvgIpc) is 2.39. The first-order chi connectivity index (χ1) is 8.49. The Bertz CT molecular complexity index is 348. The molecule has 0 bridgehead atoms. The summed E-state index contributed by atoms with van der Waals surface area (Å²) in [6.07, 6.45) is 6.08. The van der Waals surface area contributed by atoms with Crippen molar-refractivity contribution in [1.29, 1.82) is 0 Å². The molecule has 0 saturated heterocycles. The van der Waals surface area contributed by atoms with Gasteiger partial charge >= 0.3 is 11.9 Å². The third kappa shape index (κ3) is 8.71. The van der Waals surface area contributed by atoms with Gasteiger partial charge in [0, 0.05) is 12.2 Å². The Balaban J connectivity index is 3.99. The molecule has 0 aromatic rings. The van der Waals surface area contributed by atoms with E-state index in [2.05, 4.69) is 0 Å². The van der Waals surface area contributed by atoms with Crippen LogP contribution in [-0.2, 0) is 18.4 Å². The summed E-state index contributed by atoms with van der Waals surface area (Å²) in [6, 6.07) is 0. The van der Waals surface area contributed by atoms with Crippen LogP contribution in [-0.4, -0.2) is 31.5 Å². The van der Waals surface area contributed by atoms with Gasteiger partial charge in [-0.05, 0) is 27.7 Å². The summed E-state index contributed by atoms with van der Waals surface area (Å²) < 4.78 is 10.1. The van der Waals surface area contributed by atoms with Crippen LogP contribution in [0.4, 0.5) is 0 Å². The number of carbonyl (C=O) groups is 2. The van der Waals surface area contributed by atoms with E-state index >= 15 is 0 Å². The molecule has 18 heavy (non-hydrogen) atoms. The van der Waals surface area contributed by atoms with Crippen LogP contribution in [0.3, 0.4) is 0 Å². The summed E-state index contributed by atoms with van der Waals surface area (Å²) in [5.41, 5.74) is 0. The van der Waals surface area contributed by atoms with Gasteiger partial charge in [0.05, 0.1) is 0 Å². The van der Waals surface area contributed by atoms with E-state index < -0.39 is 31.5 Å². The molecule has 100 valence electrons. The molecule has 0 atom stereocenters. The molecule has 0 aliphatic heterocycles. The summed E-state index contributed by atoms with van der Waals surface area (Å²) in [6.45, 7) is 7.64. The van der Waals surface area contributed by atoms with Crippen LogP contribution in [0.2, 0.25) is 0 Å². The number of rotatable bonds is 6. The van der Waals surface area contributed by atoms with Crippen LogP contribution in [0.5, 0.6) is 0 Å². The molecule has 6 heteroatoms. The summed E-state index contributed by atoms with van der Waals surface area (Å²) in [4.78, 5) is 22.5. The van der Waals surface area contributed by atoms with Gasteiger partial charge in [-0.25, -0.2) is 9.59 Å². The molecule has 0 aromatic heterocycles. The van der Waals surface area contributed by atoms with Gasteiger partial charge in [0.1, 0.15) is 0 Å². The highest BCUT2D eigenvalue weighted by molar-refractivity contribution is 6.41. The van der Waals surface area contributed by atoms with Crippen LogP contribution in [0.1, 0.15) is 27.7 Å². The lowest BCUT2D eigenvalue weighted by molar-refractivity contribution is -0.131. The summed E-state index contributed by atoms with van der Waals surface area (Å²) in [7, 11) is -1.95. The zero-order valence-electron chi connectivity index (χ0n) is 11.4. The predicted molar refractivity (Wildman–Crippen MR) is 77.3 cm³/mol. The van der Waals surface area contributed by atoms with Gasteiger partial charge in [-0.1, -0.05) is 22.5 Å². The second-order valence-corrected chi connectivity index (χ2v) is 7.20. The normalized spacial score (nSPS) is 14.0. The Morgan fingerprint density at radius 1 is 0.833 bits per heavy atom. The van der Waals surface area contributed by atoms with Gasteiger partial charge in [0.25, 0.3) is 19.5 Å². The highest BCUT2D eigenvalue weighted by atomic mass is 28.2. The van der Waals surface area contributed by atoms with Crippen molar-refractivity contribution in [2.45, 2.75) is 27.7 Å². The monoisotopic (exact) mass is 284 g/mol. The third-order valence-electron chi connectivity index (χ3n) is 2.23. The fourth-order valence-corrected chi connectivity index (χ4v) is 2.03. The fourth-order valence-electron chi connectivity index (χ4n) is 0.769. The quantitative estimate of drug-likeness (QED) is 0.531. The molecule has 0 amide bonds. The maximum atomic E-state index is 11.3. The van der Waals surface area contributed by atoms with Crippen molar-refractivity contribution >= 4 is 31.5 Å². The lowest BCUT2D eigenvalue weighted by Gasteiger charge is -2.02. The molecule has 0 rings (SSSR count). The van der Waals surface area contributed by atoms with E-state index in [1.54, 1.807) is 0 Å². The minimum Gasteiger partial charge on any atom is -0.518 e. The van der Waals surface area contributed by atoms with Crippen molar-refractivity contribution < 1.29 is 18.4 Å². The topological polar surface area (TPSA) is 52.6 Å². The first-order valence-corrected chi connectivity index (χ1v) is 8.31. The number of hydrogen-bond acceptors (Lipinski definition) is 4. The van der Waals surface area contributed by atoms with Crippen molar-refractivity contribution in [2.24, 2.45) is 0 Å². The van der Waals surface area contributed by atoms with Gasteiger partial charge < -0.3 is 8.85 Å². The van der Waals surface area contributed by atoms with E-state index in [-0.39, 0.29) is 0 Å². The highest BCUT2D eigenvalue weighted by Gasteiger charge is 2.01. The van der Waals surface area contributed by atoms with Gasteiger partial charge in [0.2, 0.25) is 0 Å². The molecule has 4 nitrogen and oxygen atoms in total. The Kier molecular flexibility index (Phi) is 8.86. The van der Waals surface area contributed by atoms with E-state index in [4.69, 9.17) is 8.85 Å². The number of allylic oxidation sites excluding steroid dienone is 4. The first kappa shape index (κ1) is 16.6. The Morgan fingerprint density at radius 2 is 1.17 bits per heavy atom. The maximum Gasteiger partial charge on any atom is 0.317 e. The molecular formula is C12H20O4Si2. The molecule has 0 aliphatic rings. The summed E-state index contributed by atoms with van der Waals surface area (Å²) >= 11 is 0. The molecule has 0 heterocycles. The molecule has 0 saturated carbocycles. The molecule has 0 N–H and O–H groups in total. The van der Waals surface area contributed by atoms with E-state index in [1.165, 1.54) is 0 Å². The van der Waals surface area contributed by atoms with Crippen molar-refractivity contribution in [2.75, 3.05) is 0 Å². The van der Waals surface area contributed by atoms with Crippen molar-refractivity contribution in [3.8, 4) is 0 Å². The largest absolute Gasteiger partial charge is 0.518 e. The van der Waals surface area contributed by atoms with Crippen molar-refractivity contribution in [3.05, 3.63) is 34.7 Å². The van der Waals surface area contributed by atoms with E-state index in [9.17, 15) is 9.59 Å². The van der Waals surface area contributed by atoms with Crippen LogP contribution < -0.4 is 0 Å². The van der Waals surface area contributed by atoms with Crippen LogP contribution >= 0.6 is 0 Å². The van der Waals surface area contributed by atoms with E-state index in [0.29, 0.717) is 0 Å². The molecule has 0 radical (unpaired) electrons. The minimum atomic E-state index is -0.977. The van der Waals surface area contributed by atoms with Gasteiger partial charge in [0.15, 0.2) is 0 Å². The Labute approximate surface area is 113 Å². The summed E-state index contributed by atoms with van der Waals surface area (Å²) in [5.74, 6) is -0.964. The smallest absolute Gasteiger partial charge is 0.317 e. The first-order valence-electron chi connectivity index (χ1n) is 5.74. The zero-order chi connectivity index (χ0) is 14.0. The van der Waals surface area contributed by atoms with Gasteiger partial charge in [-0.2, -0.15) is 0 Å². The summed E-state index contributed by atoms with van der Waals surface area (Å²) in [5, 5.41) is 2.19.